The smallest absolute Gasteiger partial charge is 0.329 e. The summed E-state index contributed by atoms with van der Waals surface area (Å²) in [5, 5.41) is 4.28. The van der Waals surface area contributed by atoms with Gasteiger partial charge in [0.1, 0.15) is 5.75 Å². The SMILES string of the molecule is COc1ccc(Br)cc1/C=N/Nc1nc2c(c(=O)[nH]c(=O)n2C)n1Cc1ccccc1. The van der Waals surface area contributed by atoms with E-state index in [-0.39, 0.29) is 11.2 Å². The zero-order valence-electron chi connectivity index (χ0n) is 16.8. The van der Waals surface area contributed by atoms with Crippen LogP contribution in [0.15, 0.2) is 67.7 Å². The molecule has 0 aliphatic rings. The lowest BCUT2D eigenvalue weighted by molar-refractivity contribution is 0.414. The maximum Gasteiger partial charge on any atom is 0.329 e. The van der Waals surface area contributed by atoms with Crippen LogP contribution in [0.2, 0.25) is 0 Å². The Morgan fingerprint density at radius 1 is 1.23 bits per heavy atom. The summed E-state index contributed by atoms with van der Waals surface area (Å²) in [4.78, 5) is 31.4. The maximum absolute atomic E-state index is 12.6. The van der Waals surface area contributed by atoms with Gasteiger partial charge >= 0.3 is 5.69 Å². The molecule has 9 nitrogen and oxygen atoms in total. The number of aromatic nitrogens is 4. The number of H-pyrrole nitrogens is 1. The number of nitrogens with zero attached hydrogens (tertiary/aromatic N) is 4. The Hall–Kier alpha value is -3.66. The molecule has 2 aromatic heterocycles. The number of hydrogen-bond donors (Lipinski definition) is 2. The molecule has 0 unspecified atom stereocenters. The van der Waals surface area contributed by atoms with Gasteiger partial charge in [-0.15, -0.1) is 0 Å². The van der Waals surface area contributed by atoms with Crippen molar-refractivity contribution >= 4 is 39.3 Å². The molecule has 10 heteroatoms. The van der Waals surface area contributed by atoms with Crippen molar-refractivity contribution < 1.29 is 4.74 Å². The van der Waals surface area contributed by atoms with Gasteiger partial charge in [-0.1, -0.05) is 46.3 Å². The van der Waals surface area contributed by atoms with E-state index in [4.69, 9.17) is 4.74 Å². The van der Waals surface area contributed by atoms with Crippen LogP contribution in [0.25, 0.3) is 11.2 Å². The predicted molar refractivity (Wildman–Crippen MR) is 123 cm³/mol. The third kappa shape index (κ3) is 4.15. The van der Waals surface area contributed by atoms with Crippen LogP contribution in [0, 0.1) is 0 Å². The van der Waals surface area contributed by atoms with Gasteiger partial charge in [-0.05, 0) is 23.8 Å². The number of benzene rings is 2. The average Bonchev–Trinajstić information content (AvgIpc) is 3.12. The van der Waals surface area contributed by atoms with Crippen LogP contribution >= 0.6 is 15.9 Å². The first-order valence-electron chi connectivity index (χ1n) is 9.34. The van der Waals surface area contributed by atoms with E-state index in [0.29, 0.717) is 18.2 Å². The van der Waals surface area contributed by atoms with Crippen molar-refractivity contribution in [2.24, 2.45) is 12.1 Å². The second-order valence-corrected chi connectivity index (χ2v) is 7.67. The minimum absolute atomic E-state index is 0.266. The van der Waals surface area contributed by atoms with Crippen LogP contribution < -0.4 is 21.4 Å². The first-order chi connectivity index (χ1) is 15.0. The number of hydrogen-bond acceptors (Lipinski definition) is 6. The van der Waals surface area contributed by atoms with E-state index in [0.717, 1.165) is 15.6 Å². The lowest BCUT2D eigenvalue weighted by Gasteiger charge is -2.08. The maximum atomic E-state index is 12.6. The van der Waals surface area contributed by atoms with Gasteiger partial charge < -0.3 is 4.74 Å². The molecule has 2 heterocycles. The van der Waals surface area contributed by atoms with Gasteiger partial charge in [0.05, 0.1) is 19.9 Å². The molecule has 4 aromatic rings. The number of hydrazone groups is 1. The fraction of sp³-hybridized carbons (Fsp3) is 0.143. The summed E-state index contributed by atoms with van der Waals surface area (Å²) in [7, 11) is 3.14. The summed E-state index contributed by atoms with van der Waals surface area (Å²) in [6, 6.07) is 15.2. The summed E-state index contributed by atoms with van der Waals surface area (Å²) < 4.78 is 9.23. The number of methoxy groups -OCH3 is 1. The van der Waals surface area contributed by atoms with Gasteiger partial charge in [-0.3, -0.25) is 18.9 Å². The van der Waals surface area contributed by atoms with Crippen LogP contribution in [-0.2, 0) is 13.6 Å². The van der Waals surface area contributed by atoms with Crippen molar-refractivity contribution in [3.63, 3.8) is 0 Å². The number of fused-ring (bicyclic) bond motifs is 1. The highest BCUT2D eigenvalue weighted by molar-refractivity contribution is 9.10. The van der Waals surface area contributed by atoms with E-state index < -0.39 is 11.2 Å². The van der Waals surface area contributed by atoms with E-state index in [1.54, 1.807) is 24.9 Å². The molecule has 31 heavy (non-hydrogen) atoms. The number of imidazole rings is 1. The van der Waals surface area contributed by atoms with Gasteiger partial charge in [0.2, 0.25) is 5.95 Å². The van der Waals surface area contributed by atoms with Crippen LogP contribution in [-0.4, -0.2) is 32.4 Å². The van der Waals surface area contributed by atoms with Gasteiger partial charge in [0.25, 0.3) is 5.56 Å². The molecule has 2 aromatic carbocycles. The number of ether oxygens (including phenoxy) is 1. The van der Waals surface area contributed by atoms with Crippen LogP contribution in [0.3, 0.4) is 0 Å². The van der Waals surface area contributed by atoms with Crippen molar-refractivity contribution in [1.29, 1.82) is 0 Å². The molecule has 0 aliphatic heterocycles. The number of halogens is 1. The molecule has 0 spiro atoms. The van der Waals surface area contributed by atoms with Gasteiger partial charge in [-0.25, -0.2) is 10.2 Å². The van der Waals surface area contributed by atoms with E-state index >= 15 is 0 Å². The molecule has 4 rings (SSSR count). The Morgan fingerprint density at radius 3 is 2.74 bits per heavy atom. The summed E-state index contributed by atoms with van der Waals surface area (Å²) in [6.45, 7) is 0.372. The lowest BCUT2D eigenvalue weighted by Crippen LogP contribution is -2.29. The largest absolute Gasteiger partial charge is 0.496 e. The Balaban J connectivity index is 1.78. The fourth-order valence-electron chi connectivity index (χ4n) is 3.21. The minimum atomic E-state index is -0.532. The van der Waals surface area contributed by atoms with Crippen LogP contribution in [0.4, 0.5) is 5.95 Å². The molecular formula is C21H19BrN6O3. The van der Waals surface area contributed by atoms with Gasteiger partial charge in [-0.2, -0.15) is 10.1 Å². The lowest BCUT2D eigenvalue weighted by atomic mass is 10.2. The molecule has 158 valence electrons. The highest BCUT2D eigenvalue weighted by atomic mass is 79.9. The summed E-state index contributed by atoms with van der Waals surface area (Å²) in [5.74, 6) is 0.987. The third-order valence-corrected chi connectivity index (χ3v) is 5.24. The summed E-state index contributed by atoms with van der Waals surface area (Å²) in [6.07, 6.45) is 1.60. The van der Waals surface area contributed by atoms with Crippen LogP contribution in [0.1, 0.15) is 11.1 Å². The Bertz CT molecular complexity index is 1390. The standard InChI is InChI=1S/C21H19BrN6O3/c1-27-18-17(19(29)25-21(27)30)28(12-13-6-4-3-5-7-13)20(24-18)26-23-11-14-10-15(22)8-9-16(14)31-2/h3-11H,12H2,1-2H3,(H,24,26)(H,25,29,30)/b23-11+. The van der Waals surface area contributed by atoms with E-state index in [1.807, 2.05) is 48.5 Å². The molecule has 0 aliphatic carbocycles. The summed E-state index contributed by atoms with van der Waals surface area (Å²) in [5.41, 5.74) is 4.13. The Morgan fingerprint density at radius 2 is 2.00 bits per heavy atom. The molecule has 0 fully saturated rings. The van der Waals surface area contributed by atoms with E-state index in [9.17, 15) is 9.59 Å². The van der Waals surface area contributed by atoms with E-state index in [1.165, 1.54) is 4.57 Å². The molecule has 0 saturated carbocycles. The highest BCUT2D eigenvalue weighted by Crippen LogP contribution is 2.22. The number of anilines is 1. The number of aromatic amines is 1. The zero-order chi connectivity index (χ0) is 22.0. The van der Waals surface area contributed by atoms with Gasteiger partial charge in [0.15, 0.2) is 11.2 Å². The quantitative estimate of drug-likeness (QED) is 0.324. The second-order valence-electron chi connectivity index (χ2n) is 6.75. The van der Waals surface area contributed by atoms with E-state index in [2.05, 4.69) is 36.4 Å². The third-order valence-electron chi connectivity index (χ3n) is 4.75. The van der Waals surface area contributed by atoms with Gasteiger partial charge in [0, 0.05) is 17.1 Å². The number of rotatable bonds is 6. The molecule has 0 amide bonds. The van der Waals surface area contributed by atoms with Crippen molar-refractivity contribution in [3.8, 4) is 5.75 Å². The van der Waals surface area contributed by atoms with Crippen molar-refractivity contribution in [1.82, 2.24) is 19.1 Å². The monoisotopic (exact) mass is 482 g/mol. The predicted octanol–water partition coefficient (Wildman–Crippen LogP) is 2.69. The molecule has 0 atom stereocenters. The average molecular weight is 483 g/mol. The van der Waals surface area contributed by atoms with Crippen molar-refractivity contribution in [2.45, 2.75) is 6.54 Å². The number of nitrogens with one attached hydrogen (secondary N) is 2. The Labute approximate surface area is 185 Å². The Kier molecular flexibility index (Phi) is 5.72. The minimum Gasteiger partial charge on any atom is -0.496 e. The molecular weight excluding hydrogens is 464 g/mol. The number of aryl methyl sites for hydroxylation is 1. The summed E-state index contributed by atoms with van der Waals surface area (Å²) >= 11 is 3.43. The topological polar surface area (TPSA) is 106 Å². The van der Waals surface area contributed by atoms with Crippen molar-refractivity contribution in [3.05, 3.63) is 85.0 Å². The first-order valence-corrected chi connectivity index (χ1v) is 10.1. The van der Waals surface area contributed by atoms with Crippen molar-refractivity contribution in [2.75, 3.05) is 12.5 Å². The molecule has 2 N–H and O–H groups in total. The normalized spacial score (nSPS) is 11.3. The molecule has 0 bridgehead atoms. The fourth-order valence-corrected chi connectivity index (χ4v) is 3.58. The van der Waals surface area contributed by atoms with Crippen LogP contribution in [0.5, 0.6) is 5.75 Å². The first kappa shape index (κ1) is 20.6. The second kappa shape index (κ2) is 8.60. The molecule has 0 saturated heterocycles. The molecule has 0 radical (unpaired) electrons. The zero-order valence-corrected chi connectivity index (χ0v) is 18.4. The highest BCUT2D eigenvalue weighted by Gasteiger charge is 2.17.